The summed E-state index contributed by atoms with van der Waals surface area (Å²) in [6.45, 7) is 4.53. The Labute approximate surface area is 151 Å². The number of carbonyl (C=O) groups is 2. The summed E-state index contributed by atoms with van der Waals surface area (Å²) in [6, 6.07) is 6.65. The number of phenols is 1. The van der Waals surface area contributed by atoms with Gasteiger partial charge >= 0.3 is 0 Å². The summed E-state index contributed by atoms with van der Waals surface area (Å²) in [7, 11) is 0. The average Bonchev–Trinajstić information content (AvgIpc) is 2.68. The van der Waals surface area contributed by atoms with Crippen molar-refractivity contribution in [3.05, 3.63) is 49.3 Å². The molecule has 2 aromatic rings. The molecule has 1 fully saturated rings. The van der Waals surface area contributed by atoms with Crippen LogP contribution >= 0.6 is 0 Å². The van der Waals surface area contributed by atoms with Crippen LogP contribution < -0.4 is 5.32 Å². The Morgan fingerprint density at radius 1 is 1.31 bits per heavy atom. The van der Waals surface area contributed by atoms with Crippen LogP contribution in [-0.4, -0.2) is 44.9 Å². The van der Waals surface area contributed by atoms with Gasteiger partial charge in [0, 0.05) is 18.7 Å². The Morgan fingerprint density at radius 2 is 2.08 bits per heavy atom. The van der Waals surface area contributed by atoms with Crippen LogP contribution in [-0.2, 0) is 9.59 Å². The molecule has 7 heteroatoms. The third-order valence-corrected chi connectivity index (χ3v) is 4.30. The highest BCUT2D eigenvalue weighted by Gasteiger charge is 2.27. The van der Waals surface area contributed by atoms with E-state index in [1.807, 2.05) is 0 Å². The number of hydrogen-bond acceptors (Lipinski definition) is 5. The predicted octanol–water partition coefficient (Wildman–Crippen LogP) is 2.21. The second-order valence-electron chi connectivity index (χ2n) is 6.16. The third kappa shape index (κ3) is 4.05. The van der Waals surface area contributed by atoms with E-state index in [2.05, 4.69) is 21.9 Å². The van der Waals surface area contributed by atoms with E-state index in [4.69, 9.17) is 0 Å². The van der Waals surface area contributed by atoms with Crippen molar-refractivity contribution in [1.82, 2.24) is 14.9 Å². The number of nitrogens with one attached hydrogen (secondary N) is 1. The van der Waals surface area contributed by atoms with Crippen LogP contribution in [0.25, 0.3) is 11.4 Å². The van der Waals surface area contributed by atoms with Gasteiger partial charge in [-0.3, -0.25) is 9.59 Å². The Hall–Kier alpha value is -3.22. The summed E-state index contributed by atoms with van der Waals surface area (Å²) in [4.78, 5) is 34.3. The number of phenolic OH excluding ortho intramolecular Hbond substituents is 1. The minimum Gasteiger partial charge on any atom is -0.508 e. The van der Waals surface area contributed by atoms with Gasteiger partial charge in [0.05, 0.1) is 24.0 Å². The first-order valence-corrected chi connectivity index (χ1v) is 8.40. The quantitative estimate of drug-likeness (QED) is 0.823. The second kappa shape index (κ2) is 7.77. The molecule has 0 saturated carbocycles. The lowest BCUT2D eigenvalue weighted by molar-refractivity contribution is -0.130. The van der Waals surface area contributed by atoms with Crippen LogP contribution in [0, 0.1) is 5.92 Å². The van der Waals surface area contributed by atoms with Crippen LogP contribution in [0.5, 0.6) is 5.75 Å². The summed E-state index contributed by atoms with van der Waals surface area (Å²) in [6.07, 6.45) is 5.84. The van der Waals surface area contributed by atoms with Crippen molar-refractivity contribution in [2.75, 3.05) is 18.4 Å². The third-order valence-electron chi connectivity index (χ3n) is 4.30. The molecule has 1 saturated heterocycles. The SMILES string of the molecule is C=CC(=O)N1CCCC(C(=O)Nc2cnc(-c3cccc(O)c3)nc2)C1. The molecule has 2 amide bonds. The number of rotatable bonds is 4. The Bertz CT molecular complexity index is 820. The molecule has 1 aromatic heterocycles. The molecule has 0 bridgehead atoms. The molecule has 26 heavy (non-hydrogen) atoms. The van der Waals surface area contributed by atoms with Crippen LogP contribution in [0.4, 0.5) is 5.69 Å². The maximum Gasteiger partial charge on any atom is 0.245 e. The first-order chi connectivity index (χ1) is 12.6. The van der Waals surface area contributed by atoms with Crippen LogP contribution in [0.3, 0.4) is 0 Å². The zero-order valence-electron chi connectivity index (χ0n) is 14.3. The zero-order valence-corrected chi connectivity index (χ0v) is 14.3. The van der Waals surface area contributed by atoms with Gasteiger partial charge < -0.3 is 15.3 Å². The number of aromatic nitrogens is 2. The summed E-state index contributed by atoms with van der Waals surface area (Å²) >= 11 is 0. The van der Waals surface area contributed by atoms with E-state index < -0.39 is 0 Å². The molecule has 0 spiro atoms. The van der Waals surface area contributed by atoms with Crippen LogP contribution in [0.1, 0.15) is 12.8 Å². The van der Waals surface area contributed by atoms with Gasteiger partial charge in [-0.05, 0) is 31.1 Å². The van der Waals surface area contributed by atoms with E-state index in [1.165, 1.54) is 18.5 Å². The number of hydrogen-bond donors (Lipinski definition) is 2. The Kier molecular flexibility index (Phi) is 5.26. The van der Waals surface area contributed by atoms with Crippen molar-refractivity contribution >= 4 is 17.5 Å². The fraction of sp³-hybridized carbons (Fsp3) is 0.263. The fourth-order valence-corrected chi connectivity index (χ4v) is 2.95. The van der Waals surface area contributed by atoms with E-state index in [0.29, 0.717) is 30.2 Å². The highest BCUT2D eigenvalue weighted by Crippen LogP contribution is 2.21. The van der Waals surface area contributed by atoms with E-state index in [1.54, 1.807) is 29.2 Å². The van der Waals surface area contributed by atoms with Gasteiger partial charge in [-0.2, -0.15) is 0 Å². The van der Waals surface area contributed by atoms with Gasteiger partial charge in [0.25, 0.3) is 0 Å². The number of amides is 2. The van der Waals surface area contributed by atoms with E-state index in [0.717, 1.165) is 12.8 Å². The molecule has 1 aliphatic rings. The van der Waals surface area contributed by atoms with Gasteiger partial charge in [-0.15, -0.1) is 0 Å². The number of aromatic hydroxyl groups is 1. The van der Waals surface area contributed by atoms with Gasteiger partial charge in [-0.25, -0.2) is 9.97 Å². The van der Waals surface area contributed by atoms with Crippen molar-refractivity contribution in [2.24, 2.45) is 5.92 Å². The topological polar surface area (TPSA) is 95.4 Å². The molecular formula is C19H20N4O3. The minimum atomic E-state index is -0.265. The normalized spacial score (nSPS) is 16.8. The second-order valence-corrected chi connectivity index (χ2v) is 6.16. The van der Waals surface area contributed by atoms with Gasteiger partial charge in [0.2, 0.25) is 11.8 Å². The van der Waals surface area contributed by atoms with Gasteiger partial charge in [-0.1, -0.05) is 18.7 Å². The summed E-state index contributed by atoms with van der Waals surface area (Å²) in [5.41, 5.74) is 1.18. The number of nitrogens with zero attached hydrogens (tertiary/aromatic N) is 3. The van der Waals surface area contributed by atoms with E-state index in [-0.39, 0.29) is 23.5 Å². The minimum absolute atomic E-state index is 0.138. The molecule has 2 N–H and O–H groups in total. The molecule has 3 rings (SSSR count). The standard InChI is InChI=1S/C19H20N4O3/c1-2-17(25)23-8-4-6-14(12-23)19(26)22-15-10-20-18(21-11-15)13-5-3-7-16(24)9-13/h2-3,5,7,9-11,14,24H,1,4,6,8,12H2,(H,22,26). The summed E-state index contributed by atoms with van der Waals surface area (Å²) in [5.74, 6) is 0.0266. The van der Waals surface area contributed by atoms with Gasteiger partial charge in [0.15, 0.2) is 5.82 Å². The fourth-order valence-electron chi connectivity index (χ4n) is 2.95. The number of carbonyl (C=O) groups excluding carboxylic acids is 2. The number of anilines is 1. The summed E-state index contributed by atoms with van der Waals surface area (Å²) < 4.78 is 0. The highest BCUT2D eigenvalue weighted by molar-refractivity contribution is 5.93. The molecule has 1 atom stereocenters. The maximum absolute atomic E-state index is 12.5. The highest BCUT2D eigenvalue weighted by atomic mass is 16.3. The zero-order chi connectivity index (χ0) is 18.5. The van der Waals surface area contributed by atoms with Gasteiger partial charge in [0.1, 0.15) is 5.75 Å². The van der Waals surface area contributed by atoms with Crippen molar-refractivity contribution in [3.63, 3.8) is 0 Å². The average molecular weight is 352 g/mol. The summed E-state index contributed by atoms with van der Waals surface area (Å²) in [5, 5.41) is 12.3. The lowest BCUT2D eigenvalue weighted by Gasteiger charge is -2.31. The first-order valence-electron chi connectivity index (χ1n) is 8.40. The molecule has 1 aliphatic heterocycles. The molecule has 1 aromatic carbocycles. The molecule has 2 heterocycles. The Morgan fingerprint density at radius 3 is 2.77 bits per heavy atom. The number of piperidine rings is 1. The first kappa shape index (κ1) is 17.6. The lowest BCUT2D eigenvalue weighted by atomic mass is 9.97. The monoisotopic (exact) mass is 352 g/mol. The predicted molar refractivity (Wildman–Crippen MR) is 97.3 cm³/mol. The molecule has 0 aliphatic carbocycles. The van der Waals surface area contributed by atoms with E-state index >= 15 is 0 Å². The molecule has 0 radical (unpaired) electrons. The lowest BCUT2D eigenvalue weighted by Crippen LogP contribution is -2.43. The molecular weight excluding hydrogens is 332 g/mol. The maximum atomic E-state index is 12.5. The van der Waals surface area contributed by atoms with Crippen molar-refractivity contribution in [1.29, 1.82) is 0 Å². The van der Waals surface area contributed by atoms with Crippen LogP contribution in [0.15, 0.2) is 49.3 Å². The number of benzene rings is 1. The number of likely N-dealkylation sites (tertiary alicyclic amines) is 1. The largest absolute Gasteiger partial charge is 0.508 e. The molecule has 134 valence electrons. The van der Waals surface area contributed by atoms with Crippen LogP contribution in [0.2, 0.25) is 0 Å². The molecule has 7 nitrogen and oxygen atoms in total. The molecule has 1 unspecified atom stereocenters. The van der Waals surface area contributed by atoms with Crippen molar-refractivity contribution in [2.45, 2.75) is 12.8 Å². The smallest absolute Gasteiger partial charge is 0.245 e. The van der Waals surface area contributed by atoms with Crippen molar-refractivity contribution in [3.8, 4) is 17.1 Å². The van der Waals surface area contributed by atoms with E-state index in [9.17, 15) is 14.7 Å². The van der Waals surface area contributed by atoms with Crippen molar-refractivity contribution < 1.29 is 14.7 Å². The Balaban J connectivity index is 1.64.